The molecule has 0 unspecified atom stereocenters. The van der Waals surface area contributed by atoms with Crippen LogP contribution in [0.25, 0.3) is 11.6 Å². The van der Waals surface area contributed by atoms with Crippen molar-refractivity contribution in [1.82, 2.24) is 0 Å². The van der Waals surface area contributed by atoms with Gasteiger partial charge in [-0.1, -0.05) is 220 Å². The lowest BCUT2D eigenvalue weighted by molar-refractivity contribution is 0.112. The van der Waals surface area contributed by atoms with Gasteiger partial charge in [-0.25, -0.2) is 0 Å². The summed E-state index contributed by atoms with van der Waals surface area (Å²) in [5, 5.41) is 0. The number of aldehydes is 1. The molecule has 0 N–H and O–H groups in total. The van der Waals surface area contributed by atoms with E-state index in [4.69, 9.17) is 9.05 Å². The molecule has 7 heteroatoms. The second kappa shape index (κ2) is 29.5. The summed E-state index contributed by atoms with van der Waals surface area (Å²) >= 11 is 0. The van der Waals surface area contributed by atoms with Crippen LogP contribution < -0.4 is 9.80 Å². The van der Waals surface area contributed by atoms with Crippen LogP contribution in [-0.4, -0.2) is 19.5 Å². The Labute approximate surface area is 481 Å². The number of anilines is 6. The summed E-state index contributed by atoms with van der Waals surface area (Å²) in [6, 6.07) is 91.4. The van der Waals surface area contributed by atoms with E-state index in [1.54, 1.807) is 0 Å². The molecule has 0 atom stereocenters. The highest BCUT2D eigenvalue weighted by atomic mass is 31.2. The molecular weight excluding hydrogens is 1010 g/mol. The quantitative estimate of drug-likeness (QED) is 0.0457. The van der Waals surface area contributed by atoms with Crippen LogP contribution in [0.15, 0.2) is 267 Å². The van der Waals surface area contributed by atoms with Crippen LogP contribution >= 0.6 is 7.60 Å². The first kappa shape index (κ1) is 58.5. The molecule has 10 aromatic carbocycles. The number of para-hydroxylation sites is 4. The number of hydrogen-bond acceptors (Lipinski definition) is 6. The van der Waals surface area contributed by atoms with E-state index < -0.39 is 13.3 Å². The average molecular weight is 1090 g/mol. The summed E-state index contributed by atoms with van der Waals surface area (Å²) in [6.45, 7) is 13.1. The minimum atomic E-state index is -3.27. The van der Waals surface area contributed by atoms with Gasteiger partial charge in [0, 0.05) is 28.3 Å². The number of nitrogens with zero attached hydrogens (tertiary/aromatic N) is 2. The molecule has 10 aromatic rings. The van der Waals surface area contributed by atoms with Gasteiger partial charge in [-0.2, -0.15) is 0 Å². The van der Waals surface area contributed by atoms with Crippen molar-refractivity contribution in [2.45, 2.75) is 60.0 Å². The van der Waals surface area contributed by atoms with Crippen LogP contribution in [-0.2, 0) is 26.5 Å². The monoisotopic (exact) mass is 1080 g/mol. The molecule has 81 heavy (non-hydrogen) atoms. The first-order valence-electron chi connectivity index (χ1n) is 28.0. The van der Waals surface area contributed by atoms with E-state index in [-0.39, 0.29) is 0 Å². The minimum absolute atomic E-state index is 0.355. The lowest BCUT2D eigenvalue weighted by Gasteiger charge is -2.29. The van der Waals surface area contributed by atoms with E-state index in [0.717, 1.165) is 47.3 Å². The maximum atomic E-state index is 13.3. The van der Waals surface area contributed by atoms with E-state index in [2.05, 4.69) is 207 Å². The molecular formula is C74H73N2O4P. The van der Waals surface area contributed by atoms with E-state index in [0.29, 0.717) is 18.8 Å². The van der Waals surface area contributed by atoms with Crippen molar-refractivity contribution >= 4 is 59.7 Å². The smallest absolute Gasteiger partial charge is 0.310 e. The lowest BCUT2D eigenvalue weighted by Crippen LogP contribution is -2.13. The normalized spacial score (nSPS) is 10.9. The summed E-state index contributed by atoms with van der Waals surface area (Å²) < 4.78 is 24.4. The Balaban J connectivity index is 0.000000167. The summed E-state index contributed by atoms with van der Waals surface area (Å²) in [7, 11) is -3.27. The van der Waals surface area contributed by atoms with Crippen molar-refractivity contribution < 1.29 is 18.4 Å². The zero-order chi connectivity index (χ0) is 56.8. The molecule has 0 aliphatic heterocycles. The number of carbonyl (C=O) groups is 1. The highest BCUT2D eigenvalue weighted by Gasteiger charge is 2.38. The van der Waals surface area contributed by atoms with Crippen LogP contribution in [0.2, 0.25) is 0 Å². The second-order valence-electron chi connectivity index (χ2n) is 19.4. The summed E-state index contributed by atoms with van der Waals surface area (Å²) in [6.07, 6.45) is 5.11. The lowest BCUT2D eigenvalue weighted by atomic mass is 9.95. The van der Waals surface area contributed by atoms with Gasteiger partial charge < -0.3 is 18.8 Å². The highest BCUT2D eigenvalue weighted by molar-refractivity contribution is 7.54. The maximum Gasteiger partial charge on any atom is 0.342 e. The van der Waals surface area contributed by atoms with Gasteiger partial charge in [0.15, 0.2) is 0 Å². The minimum Gasteiger partial charge on any atom is -0.310 e. The largest absolute Gasteiger partial charge is 0.342 e. The fourth-order valence-corrected chi connectivity index (χ4v) is 12.3. The first-order chi connectivity index (χ1) is 39.7. The maximum absolute atomic E-state index is 13.3. The Bertz CT molecular complexity index is 3490. The van der Waals surface area contributed by atoms with Crippen molar-refractivity contribution in [3.8, 4) is 0 Å². The van der Waals surface area contributed by atoms with Gasteiger partial charge in [-0.3, -0.25) is 9.36 Å². The average Bonchev–Trinajstić information content (AvgIpc) is 3.57. The standard InChI is InChI=1S/C35H31N.C22H21NO.C17H21O3P/c1-3-29-19-13-14-27(2)35(29)36(32-20-11-6-12-21-32)33-24-22-28(23-25-33)26-34(30-15-7-4-8-16-30)31-17-9-5-10-18-31;1-3-19-9-7-8-17(2)22(19)23(20-10-5-4-6-11-20)21-14-12-18(16-24)13-15-21;1-3-19-21(18,20-4-2)17(15-11-7-5-8-12-15)16-13-9-6-10-14-16/h4-26H,3H2,1-2H3;4-16H,3H2,1-2H3;5-14,17H,3-4H2,1-2H3. The van der Waals surface area contributed by atoms with E-state index >= 15 is 0 Å². The third-order valence-electron chi connectivity index (χ3n) is 14.0. The molecule has 6 nitrogen and oxygen atoms in total. The topological polar surface area (TPSA) is 59.1 Å². The molecule has 0 saturated heterocycles. The third-order valence-corrected chi connectivity index (χ3v) is 16.4. The Morgan fingerprint density at radius 1 is 0.407 bits per heavy atom. The third kappa shape index (κ3) is 15.0. The van der Waals surface area contributed by atoms with E-state index in [9.17, 15) is 9.36 Å². The number of carbonyl (C=O) groups excluding carboxylic acids is 1. The molecule has 0 saturated carbocycles. The molecule has 0 spiro atoms. The number of aryl methyl sites for hydroxylation is 4. The van der Waals surface area contributed by atoms with Crippen LogP contribution in [0, 0.1) is 13.8 Å². The van der Waals surface area contributed by atoms with Gasteiger partial charge >= 0.3 is 7.60 Å². The van der Waals surface area contributed by atoms with Crippen LogP contribution in [0.3, 0.4) is 0 Å². The van der Waals surface area contributed by atoms with E-state index in [1.165, 1.54) is 61.6 Å². The van der Waals surface area contributed by atoms with Gasteiger partial charge in [0.05, 0.1) is 24.6 Å². The SMILES string of the molecule is CCOP(=O)(OCC)C(c1ccccc1)c1ccccc1.CCc1cccc(C)c1N(c1ccccc1)c1ccc(C=C(c2ccccc2)c2ccccc2)cc1.CCc1cccc(C)c1N(c1ccccc1)c1ccc(C=O)cc1. The number of hydrogen-bond donors (Lipinski definition) is 0. The molecule has 0 aliphatic rings. The molecule has 408 valence electrons. The second-order valence-corrected chi connectivity index (χ2v) is 21.5. The Morgan fingerprint density at radius 2 is 0.741 bits per heavy atom. The number of rotatable bonds is 19. The Kier molecular flexibility index (Phi) is 21.3. The van der Waals surface area contributed by atoms with Crippen LogP contribution in [0.5, 0.6) is 0 Å². The fraction of sp³-hybridized carbons (Fsp3) is 0.149. The van der Waals surface area contributed by atoms with Crippen molar-refractivity contribution in [3.63, 3.8) is 0 Å². The Morgan fingerprint density at radius 3 is 1.09 bits per heavy atom. The first-order valence-corrected chi connectivity index (χ1v) is 29.6. The van der Waals surface area contributed by atoms with Crippen molar-refractivity contribution in [1.29, 1.82) is 0 Å². The van der Waals surface area contributed by atoms with Crippen LogP contribution in [0.1, 0.15) is 93.8 Å². The predicted octanol–water partition coefficient (Wildman–Crippen LogP) is 20.5. The van der Waals surface area contributed by atoms with Crippen molar-refractivity contribution in [2.24, 2.45) is 0 Å². The summed E-state index contributed by atoms with van der Waals surface area (Å²) in [5.41, 5.74) is 19.1. The highest BCUT2D eigenvalue weighted by Crippen LogP contribution is 2.63. The molecule has 0 aliphatic carbocycles. The van der Waals surface area contributed by atoms with Gasteiger partial charge in [-0.05, 0) is 163 Å². The molecule has 0 aromatic heterocycles. The predicted molar refractivity (Wildman–Crippen MR) is 341 cm³/mol. The number of benzene rings is 10. The van der Waals surface area contributed by atoms with Gasteiger partial charge in [0.1, 0.15) is 11.9 Å². The molecule has 0 amide bonds. The van der Waals surface area contributed by atoms with Gasteiger partial charge in [-0.15, -0.1) is 0 Å². The van der Waals surface area contributed by atoms with Gasteiger partial charge in [0.2, 0.25) is 0 Å². The zero-order valence-electron chi connectivity index (χ0n) is 47.4. The summed E-state index contributed by atoms with van der Waals surface area (Å²) in [4.78, 5) is 15.6. The Hall–Kier alpha value is -8.64. The van der Waals surface area contributed by atoms with E-state index in [1.807, 2.05) is 117 Å². The van der Waals surface area contributed by atoms with Crippen molar-refractivity contribution in [2.75, 3.05) is 23.0 Å². The molecule has 0 radical (unpaired) electrons. The fourth-order valence-electron chi connectivity index (χ4n) is 10.2. The summed E-state index contributed by atoms with van der Waals surface area (Å²) in [5.74, 6) is 0. The molecule has 0 fully saturated rings. The van der Waals surface area contributed by atoms with Crippen molar-refractivity contribution in [3.05, 3.63) is 323 Å². The van der Waals surface area contributed by atoms with Gasteiger partial charge in [0.25, 0.3) is 0 Å². The molecule has 0 heterocycles. The van der Waals surface area contributed by atoms with Crippen LogP contribution in [0.4, 0.5) is 34.1 Å². The molecule has 0 bridgehead atoms. The zero-order valence-corrected chi connectivity index (χ0v) is 48.3. The molecule has 10 rings (SSSR count).